The molecule has 3 heterocycles. The Morgan fingerprint density at radius 1 is 1.27 bits per heavy atom. The van der Waals surface area contributed by atoms with Crippen molar-refractivity contribution < 1.29 is 13.2 Å². The standard InChI is InChI=1S/C21H24N4O3S2/c1-16-22-10-12-25(16)19-8-6-17(7-9-19)14-23-21(26)18-4-2-11-24(15-18)30(27,28)20-5-3-13-29-20/h3,5-10,12-13,18H,2,4,11,14-15H2,1H3,(H,23,26)/t18-/m1/s1. The van der Waals surface area contributed by atoms with Crippen LogP contribution in [0.5, 0.6) is 0 Å². The normalized spacial score (nSPS) is 17.7. The number of benzene rings is 1. The van der Waals surface area contributed by atoms with E-state index in [4.69, 9.17) is 0 Å². The molecule has 0 aliphatic carbocycles. The molecular weight excluding hydrogens is 420 g/mol. The van der Waals surface area contributed by atoms with Gasteiger partial charge in [0.05, 0.1) is 5.92 Å². The minimum atomic E-state index is -3.52. The summed E-state index contributed by atoms with van der Waals surface area (Å²) < 4.78 is 29.3. The van der Waals surface area contributed by atoms with Crippen LogP contribution < -0.4 is 5.32 Å². The van der Waals surface area contributed by atoms with Gasteiger partial charge in [-0.05, 0) is 48.9 Å². The van der Waals surface area contributed by atoms with Gasteiger partial charge in [0.1, 0.15) is 10.0 Å². The van der Waals surface area contributed by atoms with Crippen molar-refractivity contribution in [3.8, 4) is 5.69 Å². The van der Waals surface area contributed by atoms with Crippen molar-refractivity contribution in [2.45, 2.75) is 30.5 Å². The Labute approximate surface area is 180 Å². The van der Waals surface area contributed by atoms with Gasteiger partial charge in [-0.15, -0.1) is 11.3 Å². The lowest BCUT2D eigenvalue weighted by Gasteiger charge is -2.30. The molecular formula is C21H24N4O3S2. The first-order valence-corrected chi connectivity index (χ1v) is 12.2. The van der Waals surface area contributed by atoms with Crippen molar-refractivity contribution in [1.82, 2.24) is 19.2 Å². The van der Waals surface area contributed by atoms with Gasteiger partial charge < -0.3 is 9.88 Å². The first kappa shape index (κ1) is 20.8. The van der Waals surface area contributed by atoms with Crippen LogP contribution in [0.2, 0.25) is 0 Å². The van der Waals surface area contributed by atoms with E-state index in [1.165, 1.54) is 15.6 Å². The molecule has 1 fully saturated rings. The highest BCUT2D eigenvalue weighted by Crippen LogP contribution is 2.26. The fourth-order valence-electron chi connectivity index (χ4n) is 3.67. The molecule has 1 atom stereocenters. The molecule has 3 aromatic rings. The van der Waals surface area contributed by atoms with Gasteiger partial charge in [0, 0.05) is 37.7 Å². The third-order valence-electron chi connectivity index (χ3n) is 5.35. The largest absolute Gasteiger partial charge is 0.352 e. The fraction of sp³-hybridized carbons (Fsp3) is 0.333. The summed E-state index contributed by atoms with van der Waals surface area (Å²) in [5.41, 5.74) is 2.01. The van der Waals surface area contributed by atoms with E-state index in [9.17, 15) is 13.2 Å². The van der Waals surface area contributed by atoms with E-state index in [-0.39, 0.29) is 18.4 Å². The van der Waals surface area contributed by atoms with Crippen LogP contribution in [0, 0.1) is 12.8 Å². The number of thiophene rings is 1. The Hall–Kier alpha value is -2.49. The third kappa shape index (κ3) is 4.33. The average Bonchev–Trinajstić information content (AvgIpc) is 3.45. The molecule has 1 aliphatic heterocycles. The van der Waals surface area contributed by atoms with Gasteiger partial charge in [0.15, 0.2) is 0 Å². The van der Waals surface area contributed by atoms with Gasteiger partial charge in [0.2, 0.25) is 5.91 Å². The van der Waals surface area contributed by atoms with E-state index in [0.29, 0.717) is 30.1 Å². The second kappa shape index (κ2) is 8.71. The predicted octanol–water partition coefficient (Wildman–Crippen LogP) is 2.96. The summed E-state index contributed by atoms with van der Waals surface area (Å²) in [6.45, 7) is 3.04. The van der Waals surface area contributed by atoms with Crippen LogP contribution in [0.25, 0.3) is 5.69 Å². The van der Waals surface area contributed by atoms with E-state index in [0.717, 1.165) is 17.1 Å². The Balaban J connectivity index is 1.35. The summed E-state index contributed by atoms with van der Waals surface area (Å²) in [7, 11) is -3.52. The lowest BCUT2D eigenvalue weighted by Crippen LogP contribution is -2.45. The summed E-state index contributed by atoms with van der Waals surface area (Å²) in [4.78, 5) is 16.9. The first-order chi connectivity index (χ1) is 14.4. The molecule has 1 saturated heterocycles. The lowest BCUT2D eigenvalue weighted by atomic mass is 9.99. The van der Waals surface area contributed by atoms with Crippen LogP contribution in [0.3, 0.4) is 0 Å². The van der Waals surface area contributed by atoms with Gasteiger partial charge >= 0.3 is 0 Å². The summed E-state index contributed by atoms with van der Waals surface area (Å²) >= 11 is 1.21. The minimum Gasteiger partial charge on any atom is -0.352 e. The van der Waals surface area contributed by atoms with Gasteiger partial charge in [-0.3, -0.25) is 4.79 Å². The highest BCUT2D eigenvalue weighted by molar-refractivity contribution is 7.91. The van der Waals surface area contributed by atoms with Crippen LogP contribution >= 0.6 is 11.3 Å². The second-order valence-corrected chi connectivity index (χ2v) is 10.5. The molecule has 158 valence electrons. The monoisotopic (exact) mass is 444 g/mol. The maximum Gasteiger partial charge on any atom is 0.252 e. The second-order valence-electron chi connectivity index (χ2n) is 7.36. The minimum absolute atomic E-state index is 0.101. The van der Waals surface area contributed by atoms with E-state index in [2.05, 4.69) is 10.3 Å². The number of carbonyl (C=O) groups excluding carboxylic acids is 1. The van der Waals surface area contributed by atoms with Crippen LogP contribution in [0.15, 0.2) is 58.4 Å². The molecule has 0 bridgehead atoms. The first-order valence-electron chi connectivity index (χ1n) is 9.86. The van der Waals surface area contributed by atoms with E-state index in [1.807, 2.05) is 42.0 Å². The Kier molecular flexibility index (Phi) is 6.03. The number of imidazole rings is 1. The van der Waals surface area contributed by atoms with Gasteiger partial charge in [-0.25, -0.2) is 13.4 Å². The zero-order valence-corrected chi connectivity index (χ0v) is 18.3. The summed E-state index contributed by atoms with van der Waals surface area (Å²) in [6.07, 6.45) is 5.05. The number of nitrogens with zero attached hydrogens (tertiary/aromatic N) is 3. The van der Waals surface area contributed by atoms with E-state index >= 15 is 0 Å². The van der Waals surface area contributed by atoms with Crippen LogP contribution in [0.1, 0.15) is 24.2 Å². The smallest absolute Gasteiger partial charge is 0.252 e. The topological polar surface area (TPSA) is 84.3 Å². The molecule has 0 spiro atoms. The molecule has 0 saturated carbocycles. The van der Waals surface area contributed by atoms with E-state index < -0.39 is 10.0 Å². The molecule has 0 unspecified atom stereocenters. The van der Waals surface area contributed by atoms with Gasteiger partial charge in [0.25, 0.3) is 10.0 Å². The molecule has 0 radical (unpaired) electrons. The molecule has 1 N–H and O–H groups in total. The van der Waals surface area contributed by atoms with Crippen LogP contribution in [-0.4, -0.2) is 41.3 Å². The Morgan fingerprint density at radius 3 is 2.73 bits per heavy atom. The molecule has 4 rings (SSSR count). The fourth-order valence-corrected chi connectivity index (χ4v) is 6.34. The maximum absolute atomic E-state index is 12.7. The molecule has 7 nitrogen and oxygen atoms in total. The number of amides is 1. The van der Waals surface area contributed by atoms with Gasteiger partial charge in [-0.2, -0.15) is 4.31 Å². The predicted molar refractivity (Wildman–Crippen MR) is 116 cm³/mol. The molecule has 1 aliphatic rings. The third-order valence-corrected chi connectivity index (χ3v) is 8.59. The van der Waals surface area contributed by atoms with Crippen molar-refractivity contribution in [1.29, 1.82) is 0 Å². The molecule has 2 aromatic heterocycles. The quantitative estimate of drug-likeness (QED) is 0.634. The Morgan fingerprint density at radius 2 is 2.07 bits per heavy atom. The summed E-state index contributed by atoms with van der Waals surface area (Å²) in [5, 5.41) is 4.71. The van der Waals surface area contributed by atoms with Crippen molar-refractivity contribution in [3.05, 3.63) is 65.6 Å². The highest BCUT2D eigenvalue weighted by atomic mass is 32.2. The van der Waals surface area contributed by atoms with Crippen LogP contribution in [-0.2, 0) is 21.4 Å². The van der Waals surface area contributed by atoms with Crippen molar-refractivity contribution in [2.75, 3.05) is 13.1 Å². The van der Waals surface area contributed by atoms with Crippen molar-refractivity contribution in [2.24, 2.45) is 5.92 Å². The van der Waals surface area contributed by atoms with Crippen LogP contribution in [0.4, 0.5) is 0 Å². The van der Waals surface area contributed by atoms with Crippen molar-refractivity contribution >= 4 is 27.3 Å². The number of aromatic nitrogens is 2. The number of carbonyl (C=O) groups is 1. The number of hydrogen-bond acceptors (Lipinski definition) is 5. The SMILES string of the molecule is Cc1nccn1-c1ccc(CNC(=O)[C@@H]2CCCN(S(=O)(=O)c3cccs3)C2)cc1. The summed E-state index contributed by atoms with van der Waals surface area (Å²) in [6, 6.07) is 11.3. The van der Waals surface area contributed by atoms with E-state index in [1.54, 1.807) is 23.7 Å². The number of rotatable bonds is 6. The maximum atomic E-state index is 12.7. The average molecular weight is 445 g/mol. The zero-order valence-electron chi connectivity index (χ0n) is 16.7. The number of aryl methyl sites for hydroxylation is 1. The number of hydrogen-bond donors (Lipinski definition) is 1. The Bertz CT molecular complexity index is 1110. The summed E-state index contributed by atoms with van der Waals surface area (Å²) in [5.74, 6) is 0.479. The van der Waals surface area contributed by atoms with Gasteiger partial charge in [-0.1, -0.05) is 18.2 Å². The molecule has 9 heteroatoms. The number of sulfonamides is 1. The number of piperidine rings is 1. The number of nitrogens with one attached hydrogen (secondary N) is 1. The zero-order chi connectivity index (χ0) is 21.1. The molecule has 1 amide bonds. The highest BCUT2D eigenvalue weighted by Gasteiger charge is 2.33. The molecule has 1 aromatic carbocycles. The van der Waals surface area contributed by atoms with Crippen molar-refractivity contribution in [3.63, 3.8) is 0 Å². The molecule has 30 heavy (non-hydrogen) atoms. The lowest BCUT2D eigenvalue weighted by molar-refractivity contribution is -0.126.